The molecule has 0 radical (unpaired) electrons. The Morgan fingerprint density at radius 2 is 2.10 bits per heavy atom. The molecule has 0 aromatic carbocycles. The maximum atomic E-state index is 11.8. The quantitative estimate of drug-likeness (QED) is 0.777. The first kappa shape index (κ1) is 14.6. The molecule has 0 aliphatic rings. The van der Waals surface area contributed by atoms with E-state index in [2.05, 4.69) is 15.3 Å². The van der Waals surface area contributed by atoms with Gasteiger partial charge < -0.3 is 9.47 Å². The molecule has 0 atom stereocenters. The zero-order valence-corrected chi connectivity index (χ0v) is 12.7. The molecule has 108 valence electrons. The van der Waals surface area contributed by atoms with Crippen molar-refractivity contribution in [1.29, 1.82) is 0 Å². The lowest BCUT2D eigenvalue weighted by molar-refractivity contribution is 0.0595. The first-order valence-electron chi connectivity index (χ1n) is 6.03. The number of hydrogen-bond acceptors (Lipinski definition) is 7. The van der Waals surface area contributed by atoms with E-state index in [4.69, 9.17) is 9.47 Å². The molecule has 2 heterocycles. The number of thiazole rings is 1. The molecule has 0 unspecified atom stereocenters. The van der Waals surface area contributed by atoms with Crippen LogP contribution in [0.2, 0.25) is 0 Å². The molecule has 2 aromatic heterocycles. The largest absolute Gasteiger partial charge is 0.464 e. The summed E-state index contributed by atoms with van der Waals surface area (Å²) in [7, 11) is 2.94. The number of carbonyl (C=O) groups is 1. The maximum Gasteiger partial charge on any atom is 0.360 e. The van der Waals surface area contributed by atoms with Gasteiger partial charge in [0.1, 0.15) is 5.69 Å². The van der Waals surface area contributed by atoms with Gasteiger partial charge in [-0.2, -0.15) is 0 Å². The van der Waals surface area contributed by atoms with Crippen molar-refractivity contribution in [2.75, 3.05) is 20.8 Å². The third-order valence-electron chi connectivity index (χ3n) is 2.74. The zero-order chi connectivity index (χ0) is 14.7. The summed E-state index contributed by atoms with van der Waals surface area (Å²) < 4.78 is 11.5. The summed E-state index contributed by atoms with van der Waals surface area (Å²) in [6.07, 6.45) is 0. The minimum atomic E-state index is -0.505. The lowest BCUT2D eigenvalue weighted by Gasteiger charge is -2.06. The molecule has 2 rings (SSSR count). The third kappa shape index (κ3) is 2.70. The molecule has 0 bridgehead atoms. The SMILES string of the molecule is COCCn1nnc(C(=O)OC)c1-c1sc(C)nc1C. The molecule has 0 fully saturated rings. The van der Waals surface area contributed by atoms with Gasteiger partial charge in [-0.15, -0.1) is 16.4 Å². The van der Waals surface area contributed by atoms with Crippen LogP contribution in [0.4, 0.5) is 0 Å². The predicted molar refractivity (Wildman–Crippen MR) is 73.8 cm³/mol. The van der Waals surface area contributed by atoms with E-state index in [1.165, 1.54) is 18.4 Å². The number of methoxy groups -OCH3 is 2. The van der Waals surface area contributed by atoms with Gasteiger partial charge in [0.2, 0.25) is 0 Å². The number of nitrogens with zero attached hydrogens (tertiary/aromatic N) is 4. The minimum Gasteiger partial charge on any atom is -0.464 e. The standard InChI is InChI=1S/C12H16N4O3S/c1-7-11(20-8(2)13-7)10-9(12(17)19-4)14-15-16(10)5-6-18-3/h5-6H2,1-4H3. The molecule has 0 saturated heterocycles. The summed E-state index contributed by atoms with van der Waals surface area (Å²) in [5.41, 5.74) is 1.69. The molecule has 0 saturated carbocycles. The van der Waals surface area contributed by atoms with Crippen molar-refractivity contribution in [2.45, 2.75) is 20.4 Å². The van der Waals surface area contributed by atoms with Gasteiger partial charge in [-0.3, -0.25) is 0 Å². The summed E-state index contributed by atoms with van der Waals surface area (Å²) in [6, 6.07) is 0. The van der Waals surface area contributed by atoms with Crippen LogP contribution in [0.15, 0.2) is 0 Å². The maximum absolute atomic E-state index is 11.8. The Kier molecular flexibility index (Phi) is 4.46. The predicted octanol–water partition coefficient (Wildman–Crippen LogP) is 1.45. The van der Waals surface area contributed by atoms with Gasteiger partial charge in [-0.05, 0) is 13.8 Å². The van der Waals surface area contributed by atoms with Gasteiger partial charge in [0.05, 0.1) is 35.8 Å². The minimum absolute atomic E-state index is 0.204. The number of ether oxygens (including phenoxy) is 2. The molecule has 0 aliphatic heterocycles. The molecular formula is C12H16N4O3S. The molecule has 0 spiro atoms. The molecule has 0 amide bonds. The summed E-state index contributed by atoms with van der Waals surface area (Å²) in [4.78, 5) is 17.1. The van der Waals surface area contributed by atoms with Crippen molar-refractivity contribution >= 4 is 17.3 Å². The molecule has 0 aliphatic carbocycles. The average Bonchev–Trinajstić information content (AvgIpc) is 2.98. The van der Waals surface area contributed by atoms with Crippen LogP contribution < -0.4 is 0 Å². The van der Waals surface area contributed by atoms with Crippen LogP contribution >= 0.6 is 11.3 Å². The van der Waals surface area contributed by atoms with Gasteiger partial charge in [0.15, 0.2) is 5.69 Å². The fourth-order valence-electron chi connectivity index (χ4n) is 1.86. The molecule has 2 aromatic rings. The second-order valence-electron chi connectivity index (χ2n) is 4.14. The molecule has 8 heteroatoms. The summed E-state index contributed by atoms with van der Waals surface area (Å²) in [6.45, 7) is 4.80. The van der Waals surface area contributed by atoms with Crippen molar-refractivity contribution < 1.29 is 14.3 Å². The second-order valence-corrected chi connectivity index (χ2v) is 5.34. The highest BCUT2D eigenvalue weighted by Gasteiger charge is 2.24. The van der Waals surface area contributed by atoms with Gasteiger partial charge in [-0.1, -0.05) is 5.21 Å². The number of carbonyl (C=O) groups excluding carboxylic acids is 1. The lowest BCUT2D eigenvalue weighted by Crippen LogP contribution is -2.09. The first-order chi connectivity index (χ1) is 9.58. The molecule has 0 N–H and O–H groups in total. The summed E-state index contributed by atoms with van der Waals surface area (Å²) in [5.74, 6) is -0.505. The second kappa shape index (κ2) is 6.10. The highest BCUT2D eigenvalue weighted by molar-refractivity contribution is 7.15. The Bertz CT molecular complexity index is 620. The highest BCUT2D eigenvalue weighted by Crippen LogP contribution is 2.31. The van der Waals surface area contributed by atoms with Crippen LogP contribution in [-0.4, -0.2) is 46.8 Å². The Morgan fingerprint density at radius 1 is 1.35 bits per heavy atom. The normalized spacial score (nSPS) is 10.8. The summed E-state index contributed by atoms with van der Waals surface area (Å²) >= 11 is 1.50. The zero-order valence-electron chi connectivity index (χ0n) is 11.8. The number of aromatic nitrogens is 4. The van der Waals surface area contributed by atoms with Crippen LogP contribution in [0.3, 0.4) is 0 Å². The number of esters is 1. The van der Waals surface area contributed by atoms with Crippen molar-refractivity contribution in [2.24, 2.45) is 0 Å². The fraction of sp³-hybridized carbons (Fsp3) is 0.500. The number of hydrogen-bond donors (Lipinski definition) is 0. The van der Waals surface area contributed by atoms with E-state index in [-0.39, 0.29) is 5.69 Å². The monoisotopic (exact) mass is 296 g/mol. The third-order valence-corrected chi connectivity index (χ3v) is 3.82. The van der Waals surface area contributed by atoms with E-state index < -0.39 is 5.97 Å². The topological polar surface area (TPSA) is 79.1 Å². The first-order valence-corrected chi connectivity index (χ1v) is 6.85. The van der Waals surface area contributed by atoms with Crippen LogP contribution in [0.1, 0.15) is 21.2 Å². The van der Waals surface area contributed by atoms with Gasteiger partial charge >= 0.3 is 5.97 Å². The summed E-state index contributed by atoms with van der Waals surface area (Å²) in [5, 5.41) is 8.87. The van der Waals surface area contributed by atoms with Gasteiger partial charge in [-0.25, -0.2) is 14.5 Å². The average molecular weight is 296 g/mol. The Hall–Kier alpha value is -1.80. The van der Waals surface area contributed by atoms with E-state index in [0.29, 0.717) is 18.8 Å². The van der Waals surface area contributed by atoms with E-state index in [9.17, 15) is 4.79 Å². The van der Waals surface area contributed by atoms with E-state index >= 15 is 0 Å². The molecule has 20 heavy (non-hydrogen) atoms. The van der Waals surface area contributed by atoms with Crippen LogP contribution in [0.5, 0.6) is 0 Å². The van der Waals surface area contributed by atoms with Crippen molar-refractivity contribution in [1.82, 2.24) is 20.0 Å². The Labute approximate surface area is 120 Å². The lowest BCUT2D eigenvalue weighted by atomic mass is 10.2. The Morgan fingerprint density at radius 3 is 2.65 bits per heavy atom. The van der Waals surface area contributed by atoms with Crippen molar-refractivity contribution in [3.63, 3.8) is 0 Å². The van der Waals surface area contributed by atoms with Crippen LogP contribution in [0.25, 0.3) is 10.6 Å². The fourth-order valence-corrected chi connectivity index (χ4v) is 2.83. The van der Waals surface area contributed by atoms with E-state index in [1.54, 1.807) is 11.8 Å². The van der Waals surface area contributed by atoms with E-state index in [1.807, 2.05) is 13.8 Å². The number of aryl methyl sites for hydroxylation is 2. The highest BCUT2D eigenvalue weighted by atomic mass is 32.1. The van der Waals surface area contributed by atoms with Crippen molar-refractivity contribution in [3.8, 4) is 10.6 Å². The van der Waals surface area contributed by atoms with Crippen LogP contribution in [-0.2, 0) is 16.0 Å². The van der Waals surface area contributed by atoms with Crippen molar-refractivity contribution in [3.05, 3.63) is 16.4 Å². The number of rotatable bonds is 5. The van der Waals surface area contributed by atoms with Crippen LogP contribution in [0, 0.1) is 13.8 Å². The smallest absolute Gasteiger partial charge is 0.360 e. The van der Waals surface area contributed by atoms with Gasteiger partial charge in [0.25, 0.3) is 0 Å². The molecule has 7 nitrogen and oxygen atoms in total. The van der Waals surface area contributed by atoms with E-state index in [0.717, 1.165) is 15.6 Å². The Balaban J connectivity index is 2.54. The molecular weight excluding hydrogens is 280 g/mol. The van der Waals surface area contributed by atoms with Gasteiger partial charge in [0, 0.05) is 7.11 Å².